The number of nitrogens with one attached hydrogen (secondary N) is 1. The highest BCUT2D eigenvalue weighted by Gasteiger charge is 2.12. The molecule has 1 N–H and O–H groups in total. The average Bonchev–Trinajstić information content (AvgIpc) is 2.78. The van der Waals surface area contributed by atoms with Gasteiger partial charge in [-0.2, -0.15) is 0 Å². The molecule has 0 atom stereocenters. The van der Waals surface area contributed by atoms with Crippen molar-refractivity contribution in [2.24, 2.45) is 0 Å². The molecule has 2 aromatic rings. The van der Waals surface area contributed by atoms with Gasteiger partial charge in [0, 0.05) is 15.6 Å². The van der Waals surface area contributed by atoms with Gasteiger partial charge in [-0.1, -0.05) is 11.6 Å². The van der Waals surface area contributed by atoms with Crippen molar-refractivity contribution in [2.45, 2.75) is 32.9 Å². The highest BCUT2D eigenvalue weighted by Crippen LogP contribution is 2.29. The van der Waals surface area contributed by atoms with Crippen molar-refractivity contribution < 1.29 is 4.42 Å². The first-order chi connectivity index (χ1) is 8.85. The molecular formula is C14H16BrClN2O. The molecule has 0 aliphatic heterocycles. The Morgan fingerprint density at radius 2 is 2.11 bits per heavy atom. The second kappa shape index (κ2) is 5.65. The molecule has 0 aliphatic rings. The van der Waals surface area contributed by atoms with Crippen molar-refractivity contribution >= 4 is 27.5 Å². The third kappa shape index (κ3) is 4.06. The molecule has 0 aliphatic carbocycles. The SMILES string of the molecule is CC(C)(C)NCc1ncc(-c2ccc(Cl)c(Br)c2)o1. The van der Waals surface area contributed by atoms with E-state index in [0.717, 1.165) is 15.8 Å². The Morgan fingerprint density at radius 1 is 1.37 bits per heavy atom. The molecule has 0 amide bonds. The van der Waals surface area contributed by atoms with Crippen LogP contribution in [0.5, 0.6) is 0 Å². The van der Waals surface area contributed by atoms with E-state index in [1.54, 1.807) is 6.20 Å². The minimum absolute atomic E-state index is 0.0396. The van der Waals surface area contributed by atoms with Crippen LogP contribution >= 0.6 is 27.5 Å². The largest absolute Gasteiger partial charge is 0.439 e. The van der Waals surface area contributed by atoms with Crippen LogP contribution in [0.1, 0.15) is 26.7 Å². The third-order valence-corrected chi connectivity index (χ3v) is 3.74. The lowest BCUT2D eigenvalue weighted by Gasteiger charge is -2.18. The summed E-state index contributed by atoms with van der Waals surface area (Å²) in [5, 5.41) is 4.02. The van der Waals surface area contributed by atoms with E-state index in [0.29, 0.717) is 17.5 Å². The molecule has 0 saturated heterocycles. The molecule has 0 unspecified atom stereocenters. The van der Waals surface area contributed by atoms with E-state index in [9.17, 15) is 0 Å². The summed E-state index contributed by atoms with van der Waals surface area (Å²) in [6.45, 7) is 6.92. The van der Waals surface area contributed by atoms with Crippen molar-refractivity contribution in [2.75, 3.05) is 0 Å². The Balaban J connectivity index is 2.14. The van der Waals surface area contributed by atoms with Crippen molar-refractivity contribution in [3.05, 3.63) is 39.8 Å². The summed E-state index contributed by atoms with van der Waals surface area (Å²) in [6.07, 6.45) is 1.73. The van der Waals surface area contributed by atoms with Gasteiger partial charge in [0.05, 0.1) is 17.8 Å². The van der Waals surface area contributed by atoms with Gasteiger partial charge in [-0.3, -0.25) is 0 Å². The predicted molar refractivity (Wildman–Crippen MR) is 81.2 cm³/mol. The Morgan fingerprint density at radius 3 is 2.74 bits per heavy atom. The standard InChI is InChI=1S/C14H16BrClN2O/c1-14(2,3)18-8-13-17-7-12(19-13)9-4-5-11(16)10(15)6-9/h4-7,18H,8H2,1-3H3. The first-order valence-electron chi connectivity index (χ1n) is 6.00. The second-order valence-electron chi connectivity index (χ2n) is 5.35. The van der Waals surface area contributed by atoms with Gasteiger partial charge >= 0.3 is 0 Å². The molecule has 0 spiro atoms. The lowest BCUT2D eigenvalue weighted by Crippen LogP contribution is -2.35. The van der Waals surface area contributed by atoms with Gasteiger partial charge in [0.1, 0.15) is 0 Å². The number of hydrogen-bond acceptors (Lipinski definition) is 3. The number of nitrogens with zero attached hydrogens (tertiary/aromatic N) is 1. The summed E-state index contributed by atoms with van der Waals surface area (Å²) < 4.78 is 6.57. The molecule has 5 heteroatoms. The van der Waals surface area contributed by atoms with Crippen LogP contribution in [0.4, 0.5) is 0 Å². The molecule has 0 radical (unpaired) electrons. The van der Waals surface area contributed by atoms with Crippen LogP contribution in [0.3, 0.4) is 0 Å². The second-order valence-corrected chi connectivity index (χ2v) is 6.61. The lowest BCUT2D eigenvalue weighted by molar-refractivity contribution is 0.383. The highest BCUT2D eigenvalue weighted by atomic mass is 79.9. The molecule has 19 heavy (non-hydrogen) atoms. The normalized spacial score (nSPS) is 11.8. The zero-order valence-corrected chi connectivity index (χ0v) is 13.5. The Hall–Kier alpha value is -0.840. The van der Waals surface area contributed by atoms with E-state index in [1.165, 1.54) is 0 Å². The van der Waals surface area contributed by atoms with Crippen LogP contribution in [-0.2, 0) is 6.54 Å². The average molecular weight is 344 g/mol. The van der Waals surface area contributed by atoms with Crippen LogP contribution < -0.4 is 5.32 Å². The number of rotatable bonds is 3. The topological polar surface area (TPSA) is 38.1 Å². The van der Waals surface area contributed by atoms with Gasteiger partial charge in [0.15, 0.2) is 5.76 Å². The Bertz CT molecular complexity index is 575. The Kier molecular flexibility index (Phi) is 4.33. The molecule has 3 nitrogen and oxygen atoms in total. The monoisotopic (exact) mass is 342 g/mol. The predicted octanol–water partition coefficient (Wildman–Crippen LogP) is 4.65. The van der Waals surface area contributed by atoms with Gasteiger partial charge < -0.3 is 9.73 Å². The van der Waals surface area contributed by atoms with E-state index in [2.05, 4.69) is 47.0 Å². The van der Waals surface area contributed by atoms with E-state index in [-0.39, 0.29) is 5.54 Å². The van der Waals surface area contributed by atoms with Gasteiger partial charge in [0.2, 0.25) is 5.89 Å². The number of aromatic nitrogens is 1. The fraction of sp³-hybridized carbons (Fsp3) is 0.357. The fourth-order valence-corrected chi connectivity index (χ4v) is 2.01. The van der Waals surface area contributed by atoms with Crippen molar-refractivity contribution in [1.82, 2.24) is 10.3 Å². The molecule has 0 bridgehead atoms. The van der Waals surface area contributed by atoms with E-state index < -0.39 is 0 Å². The van der Waals surface area contributed by atoms with Crippen molar-refractivity contribution in [3.8, 4) is 11.3 Å². The van der Waals surface area contributed by atoms with Crippen LogP contribution in [0.15, 0.2) is 33.3 Å². The first-order valence-corrected chi connectivity index (χ1v) is 7.17. The molecule has 102 valence electrons. The summed E-state index contributed by atoms with van der Waals surface area (Å²) in [5.41, 5.74) is 0.989. The minimum atomic E-state index is 0.0396. The first kappa shape index (κ1) is 14.6. The highest BCUT2D eigenvalue weighted by molar-refractivity contribution is 9.10. The maximum Gasteiger partial charge on any atom is 0.208 e. The fourth-order valence-electron chi connectivity index (χ4n) is 1.52. The number of oxazole rings is 1. The molecule has 0 fully saturated rings. The summed E-state index contributed by atoms with van der Waals surface area (Å²) in [7, 11) is 0. The van der Waals surface area contributed by atoms with Crippen molar-refractivity contribution in [1.29, 1.82) is 0 Å². The van der Waals surface area contributed by atoms with Gasteiger partial charge in [-0.15, -0.1) is 0 Å². The van der Waals surface area contributed by atoms with Crippen LogP contribution in [0, 0.1) is 0 Å². The molecular weight excluding hydrogens is 328 g/mol. The van der Waals surface area contributed by atoms with Gasteiger partial charge in [-0.05, 0) is 54.9 Å². The molecule has 0 saturated carbocycles. The van der Waals surface area contributed by atoms with Gasteiger partial charge in [0.25, 0.3) is 0 Å². The summed E-state index contributed by atoms with van der Waals surface area (Å²) in [6, 6.07) is 5.66. The number of halogens is 2. The van der Waals surface area contributed by atoms with Crippen molar-refractivity contribution in [3.63, 3.8) is 0 Å². The quantitative estimate of drug-likeness (QED) is 0.882. The van der Waals surface area contributed by atoms with Gasteiger partial charge in [-0.25, -0.2) is 4.98 Å². The van der Waals surface area contributed by atoms with Crippen LogP contribution in [0.25, 0.3) is 11.3 Å². The Labute approximate surface area is 126 Å². The molecule has 2 rings (SSSR count). The number of hydrogen-bond donors (Lipinski definition) is 1. The summed E-state index contributed by atoms with van der Waals surface area (Å²) in [5.74, 6) is 1.42. The van der Waals surface area contributed by atoms with E-state index in [1.807, 2.05) is 18.2 Å². The molecule has 1 heterocycles. The molecule has 1 aromatic heterocycles. The number of benzene rings is 1. The molecule has 1 aromatic carbocycles. The van der Waals surface area contributed by atoms with Crippen LogP contribution in [-0.4, -0.2) is 10.5 Å². The van der Waals surface area contributed by atoms with E-state index >= 15 is 0 Å². The third-order valence-electron chi connectivity index (χ3n) is 2.53. The minimum Gasteiger partial charge on any atom is -0.439 e. The summed E-state index contributed by atoms with van der Waals surface area (Å²) >= 11 is 9.37. The lowest BCUT2D eigenvalue weighted by atomic mass is 10.1. The smallest absolute Gasteiger partial charge is 0.208 e. The maximum absolute atomic E-state index is 5.97. The zero-order valence-electron chi connectivity index (χ0n) is 11.1. The summed E-state index contributed by atoms with van der Waals surface area (Å²) in [4.78, 5) is 4.27. The maximum atomic E-state index is 5.97. The van der Waals surface area contributed by atoms with E-state index in [4.69, 9.17) is 16.0 Å². The van der Waals surface area contributed by atoms with Crippen LogP contribution in [0.2, 0.25) is 5.02 Å². The zero-order chi connectivity index (χ0) is 14.0.